The van der Waals surface area contributed by atoms with Crippen LogP contribution in [0.5, 0.6) is 0 Å². The van der Waals surface area contributed by atoms with E-state index in [1.165, 1.54) is 0 Å². The normalized spacial score (nSPS) is 10.8. The lowest BCUT2D eigenvalue weighted by atomic mass is 9.99. The number of fused-ring (bicyclic) bond motifs is 3. The number of nitriles is 2. The molecule has 2 aromatic heterocycles. The van der Waals surface area contributed by atoms with Crippen LogP contribution in [-0.4, -0.2) is 9.55 Å². The van der Waals surface area contributed by atoms with Crippen LogP contribution in [0.25, 0.3) is 49.7 Å². The van der Waals surface area contributed by atoms with Crippen LogP contribution in [0.3, 0.4) is 0 Å². The fourth-order valence-electron chi connectivity index (χ4n) is 4.69. The Morgan fingerprint density at radius 1 is 0.600 bits per heavy atom. The summed E-state index contributed by atoms with van der Waals surface area (Å²) < 4.78 is 2.28. The minimum absolute atomic E-state index is 0.410. The molecule has 0 bridgehead atoms. The van der Waals surface area contributed by atoms with Crippen molar-refractivity contribution in [3.8, 4) is 40.1 Å². The summed E-state index contributed by atoms with van der Waals surface area (Å²) in [6.45, 7) is 0. The molecule has 6 rings (SSSR count). The fraction of sp³-hybridized carbons (Fsp3) is 0. The highest BCUT2D eigenvalue weighted by molar-refractivity contribution is 6.10. The average molecular weight is 447 g/mol. The van der Waals surface area contributed by atoms with Gasteiger partial charge in [-0.1, -0.05) is 60.7 Å². The molecule has 0 unspecified atom stereocenters. The molecule has 4 nitrogen and oxygen atoms in total. The van der Waals surface area contributed by atoms with Gasteiger partial charge in [0.05, 0.1) is 28.4 Å². The molecule has 0 atom stereocenters. The van der Waals surface area contributed by atoms with Crippen LogP contribution in [0.4, 0.5) is 0 Å². The molecule has 2 heterocycles. The monoisotopic (exact) mass is 446 g/mol. The van der Waals surface area contributed by atoms with Crippen LogP contribution in [0.1, 0.15) is 11.3 Å². The average Bonchev–Trinajstić information content (AvgIpc) is 3.26. The van der Waals surface area contributed by atoms with E-state index in [4.69, 9.17) is 5.26 Å². The molecule has 0 aliphatic rings. The van der Waals surface area contributed by atoms with Crippen LogP contribution in [0.15, 0.2) is 109 Å². The molecule has 162 valence electrons. The molecule has 0 aliphatic heterocycles. The van der Waals surface area contributed by atoms with E-state index in [0.29, 0.717) is 11.3 Å². The van der Waals surface area contributed by atoms with Crippen LogP contribution in [0, 0.1) is 22.7 Å². The molecule has 0 spiro atoms. The maximum atomic E-state index is 9.44. The number of para-hydroxylation sites is 2. The SMILES string of the molecule is N#Cc1ccc2c(c1)c1ccccc1n2-c1ccccc1-c1ccc(-c2ccc(C#N)nc2)cc1. The number of benzene rings is 4. The number of hydrogen-bond donors (Lipinski definition) is 0. The molecule has 0 radical (unpaired) electrons. The third-order valence-corrected chi connectivity index (χ3v) is 6.35. The third kappa shape index (κ3) is 3.42. The van der Waals surface area contributed by atoms with Gasteiger partial charge in [0.2, 0.25) is 0 Å². The van der Waals surface area contributed by atoms with Crippen molar-refractivity contribution in [2.45, 2.75) is 0 Å². The Labute approximate surface area is 202 Å². The highest BCUT2D eigenvalue weighted by Gasteiger charge is 2.15. The fourth-order valence-corrected chi connectivity index (χ4v) is 4.69. The third-order valence-electron chi connectivity index (χ3n) is 6.35. The maximum absolute atomic E-state index is 9.44. The lowest BCUT2D eigenvalue weighted by Crippen LogP contribution is -1.97. The highest BCUT2D eigenvalue weighted by atomic mass is 15.0. The van der Waals surface area contributed by atoms with Crippen molar-refractivity contribution in [1.82, 2.24) is 9.55 Å². The summed E-state index contributed by atoms with van der Waals surface area (Å²) in [5, 5.41) is 20.6. The molecule has 4 aromatic carbocycles. The summed E-state index contributed by atoms with van der Waals surface area (Å²) in [5.41, 5.74) is 8.55. The van der Waals surface area contributed by atoms with Gasteiger partial charge in [-0.3, -0.25) is 0 Å². The van der Waals surface area contributed by atoms with Crippen molar-refractivity contribution < 1.29 is 0 Å². The quantitative estimate of drug-likeness (QED) is 0.287. The standard InChI is InChI=1S/C31H18N4/c32-18-21-9-16-31-28(17-21)27-6-2-4-8-30(27)35(31)29-7-3-1-5-26(29)23-12-10-22(11-13-23)24-14-15-25(19-33)34-20-24/h1-17,20H. The molecule has 0 amide bonds. The predicted molar refractivity (Wildman–Crippen MR) is 139 cm³/mol. The van der Waals surface area contributed by atoms with Gasteiger partial charge >= 0.3 is 0 Å². The zero-order chi connectivity index (χ0) is 23.8. The summed E-state index contributed by atoms with van der Waals surface area (Å²) in [6.07, 6.45) is 1.73. The Balaban J connectivity index is 1.51. The summed E-state index contributed by atoms with van der Waals surface area (Å²) in [4.78, 5) is 4.19. The van der Waals surface area contributed by atoms with Gasteiger partial charge in [-0.2, -0.15) is 10.5 Å². The first-order valence-electron chi connectivity index (χ1n) is 11.3. The minimum Gasteiger partial charge on any atom is -0.309 e. The molecule has 0 saturated heterocycles. The summed E-state index contributed by atoms with van der Waals surface area (Å²) in [6, 6.07) is 39.0. The molecule has 0 saturated carbocycles. The van der Waals surface area contributed by atoms with Crippen LogP contribution in [-0.2, 0) is 0 Å². The van der Waals surface area contributed by atoms with Crippen LogP contribution < -0.4 is 0 Å². The van der Waals surface area contributed by atoms with E-state index in [-0.39, 0.29) is 0 Å². The number of hydrogen-bond acceptors (Lipinski definition) is 3. The van der Waals surface area contributed by atoms with Crippen LogP contribution in [0.2, 0.25) is 0 Å². The van der Waals surface area contributed by atoms with Gasteiger partial charge < -0.3 is 4.57 Å². The van der Waals surface area contributed by atoms with Crippen molar-refractivity contribution in [3.63, 3.8) is 0 Å². The lowest BCUT2D eigenvalue weighted by Gasteiger charge is -2.14. The number of pyridine rings is 1. The number of nitrogens with zero attached hydrogens (tertiary/aromatic N) is 4. The Morgan fingerprint density at radius 3 is 2.09 bits per heavy atom. The molecular weight excluding hydrogens is 428 g/mol. The van der Waals surface area contributed by atoms with E-state index in [2.05, 4.69) is 82.4 Å². The largest absolute Gasteiger partial charge is 0.309 e. The zero-order valence-electron chi connectivity index (χ0n) is 18.7. The molecule has 0 fully saturated rings. The van der Waals surface area contributed by atoms with E-state index in [1.54, 1.807) is 12.3 Å². The second kappa shape index (κ2) is 8.30. The Kier molecular flexibility index (Phi) is 4.84. The predicted octanol–water partition coefficient (Wildman–Crippen LogP) is 7.26. The Bertz CT molecular complexity index is 1800. The van der Waals surface area contributed by atoms with Gasteiger partial charge in [0, 0.05) is 28.1 Å². The second-order valence-electron chi connectivity index (χ2n) is 8.33. The number of aromatic nitrogens is 2. The van der Waals surface area contributed by atoms with Crippen molar-refractivity contribution in [2.24, 2.45) is 0 Å². The van der Waals surface area contributed by atoms with Gasteiger partial charge in [-0.15, -0.1) is 0 Å². The Morgan fingerprint density at radius 2 is 1.31 bits per heavy atom. The summed E-state index contributed by atoms with van der Waals surface area (Å²) in [7, 11) is 0. The van der Waals surface area contributed by atoms with E-state index >= 15 is 0 Å². The van der Waals surface area contributed by atoms with E-state index in [0.717, 1.165) is 49.7 Å². The minimum atomic E-state index is 0.410. The van der Waals surface area contributed by atoms with Crippen molar-refractivity contribution in [1.29, 1.82) is 10.5 Å². The van der Waals surface area contributed by atoms with E-state index in [9.17, 15) is 5.26 Å². The summed E-state index contributed by atoms with van der Waals surface area (Å²) >= 11 is 0. The summed E-state index contributed by atoms with van der Waals surface area (Å²) in [5.74, 6) is 0. The second-order valence-corrected chi connectivity index (χ2v) is 8.33. The van der Waals surface area contributed by atoms with Gasteiger partial charge in [-0.25, -0.2) is 4.98 Å². The molecule has 0 aliphatic carbocycles. The highest BCUT2D eigenvalue weighted by Crippen LogP contribution is 2.36. The molecule has 35 heavy (non-hydrogen) atoms. The molecule has 6 aromatic rings. The molecule has 0 N–H and O–H groups in total. The first kappa shape index (κ1) is 20.4. The van der Waals surface area contributed by atoms with Crippen molar-refractivity contribution in [3.05, 3.63) is 121 Å². The van der Waals surface area contributed by atoms with E-state index in [1.807, 2.05) is 36.4 Å². The zero-order valence-corrected chi connectivity index (χ0v) is 18.7. The smallest absolute Gasteiger partial charge is 0.140 e. The number of rotatable bonds is 3. The Hall–Kier alpha value is -5.19. The first-order chi connectivity index (χ1) is 17.3. The van der Waals surface area contributed by atoms with Gasteiger partial charge in [0.25, 0.3) is 0 Å². The van der Waals surface area contributed by atoms with E-state index < -0.39 is 0 Å². The van der Waals surface area contributed by atoms with Gasteiger partial charge in [0.15, 0.2) is 0 Å². The topological polar surface area (TPSA) is 65.4 Å². The molecule has 4 heteroatoms. The van der Waals surface area contributed by atoms with Crippen molar-refractivity contribution in [2.75, 3.05) is 0 Å². The maximum Gasteiger partial charge on any atom is 0.140 e. The van der Waals surface area contributed by atoms with Crippen molar-refractivity contribution >= 4 is 21.8 Å². The molecular formula is C31H18N4. The van der Waals surface area contributed by atoms with Gasteiger partial charge in [-0.05, 0) is 53.6 Å². The first-order valence-corrected chi connectivity index (χ1v) is 11.3. The lowest BCUT2D eigenvalue weighted by molar-refractivity contribution is 1.18. The van der Waals surface area contributed by atoms with Gasteiger partial charge in [0.1, 0.15) is 11.8 Å². The van der Waals surface area contributed by atoms with Crippen LogP contribution >= 0.6 is 0 Å².